The lowest BCUT2D eigenvalue weighted by Crippen LogP contribution is -2.26. The zero-order valence-corrected chi connectivity index (χ0v) is 16.1. The molecule has 6 nitrogen and oxygen atoms in total. The third-order valence-electron chi connectivity index (χ3n) is 4.06. The minimum atomic E-state index is -0.477. The predicted octanol–water partition coefficient (Wildman–Crippen LogP) is 3.71. The van der Waals surface area contributed by atoms with E-state index in [9.17, 15) is 9.59 Å². The monoisotopic (exact) mass is 369 g/mol. The Kier molecular flexibility index (Phi) is 7.67. The lowest BCUT2D eigenvalue weighted by molar-refractivity contribution is -0.116. The van der Waals surface area contributed by atoms with Crippen molar-refractivity contribution in [3.8, 4) is 0 Å². The van der Waals surface area contributed by atoms with Gasteiger partial charge in [-0.25, -0.2) is 4.79 Å². The third-order valence-corrected chi connectivity index (χ3v) is 4.06. The largest absolute Gasteiger partial charge is 0.445 e. The molecule has 27 heavy (non-hydrogen) atoms. The van der Waals surface area contributed by atoms with Crippen molar-refractivity contribution in [2.45, 2.75) is 26.4 Å². The van der Waals surface area contributed by atoms with Crippen LogP contribution in [0.5, 0.6) is 0 Å². The Hall–Kier alpha value is -3.02. The molecule has 0 saturated carbocycles. The van der Waals surface area contributed by atoms with Crippen molar-refractivity contribution in [2.24, 2.45) is 0 Å². The molecule has 0 heterocycles. The Balaban J connectivity index is 1.65. The average Bonchev–Trinajstić information content (AvgIpc) is 2.66. The number of aryl methyl sites for hydroxylation is 1. The smallest absolute Gasteiger partial charge is 0.407 e. The summed E-state index contributed by atoms with van der Waals surface area (Å²) in [6.07, 6.45) is 0.393. The molecule has 0 spiro atoms. The molecule has 2 aromatic carbocycles. The number of carbonyl (C=O) groups is 2. The fourth-order valence-corrected chi connectivity index (χ4v) is 2.49. The number of ether oxygens (including phenoxy) is 1. The van der Waals surface area contributed by atoms with Crippen LogP contribution in [0.3, 0.4) is 0 Å². The van der Waals surface area contributed by atoms with Gasteiger partial charge in [0.2, 0.25) is 5.91 Å². The van der Waals surface area contributed by atoms with Crippen LogP contribution >= 0.6 is 0 Å². The van der Waals surface area contributed by atoms with Crippen molar-refractivity contribution in [3.63, 3.8) is 0 Å². The predicted molar refractivity (Wildman–Crippen MR) is 108 cm³/mol. The maximum atomic E-state index is 12.1. The Morgan fingerprint density at radius 1 is 1.07 bits per heavy atom. The van der Waals surface area contributed by atoms with Gasteiger partial charge in [0.15, 0.2) is 0 Å². The molecule has 2 N–H and O–H groups in total. The molecule has 0 fully saturated rings. The molecular formula is C21H27N3O3. The standard InChI is InChI=1S/C21H27N3O3/c1-16-14-18(24(2)3)11-12-19(16)23-20(25)10-7-13-22-21(26)27-15-17-8-5-4-6-9-17/h4-6,8-9,11-12,14H,7,10,13,15H2,1-3H3,(H,22,26)(H,23,25). The van der Waals surface area contributed by atoms with Crippen LogP contribution < -0.4 is 15.5 Å². The molecule has 0 unspecified atom stereocenters. The minimum absolute atomic E-state index is 0.0739. The summed E-state index contributed by atoms with van der Waals surface area (Å²) in [4.78, 5) is 25.7. The van der Waals surface area contributed by atoms with E-state index < -0.39 is 6.09 Å². The van der Waals surface area contributed by atoms with Crippen LogP contribution in [0.2, 0.25) is 0 Å². The van der Waals surface area contributed by atoms with E-state index in [1.165, 1.54) is 0 Å². The quantitative estimate of drug-likeness (QED) is 0.696. The zero-order valence-electron chi connectivity index (χ0n) is 16.1. The first-order valence-electron chi connectivity index (χ1n) is 8.98. The molecule has 2 aromatic rings. The van der Waals surface area contributed by atoms with Crippen molar-refractivity contribution in [1.29, 1.82) is 0 Å². The summed E-state index contributed by atoms with van der Waals surface area (Å²) < 4.78 is 5.12. The van der Waals surface area contributed by atoms with E-state index in [-0.39, 0.29) is 12.5 Å². The maximum absolute atomic E-state index is 12.1. The van der Waals surface area contributed by atoms with Gasteiger partial charge in [-0.2, -0.15) is 0 Å². The third kappa shape index (κ3) is 7.01. The number of nitrogens with zero attached hydrogens (tertiary/aromatic N) is 1. The average molecular weight is 369 g/mol. The number of hydrogen-bond donors (Lipinski definition) is 2. The lowest BCUT2D eigenvalue weighted by atomic mass is 10.1. The summed E-state index contributed by atoms with van der Waals surface area (Å²) in [5, 5.41) is 5.57. The van der Waals surface area contributed by atoms with Crippen LogP contribution in [-0.4, -0.2) is 32.6 Å². The Labute approximate surface area is 160 Å². The summed E-state index contributed by atoms with van der Waals surface area (Å²) in [5.41, 5.74) is 3.84. The number of anilines is 2. The van der Waals surface area contributed by atoms with Crippen LogP contribution in [-0.2, 0) is 16.1 Å². The number of hydrogen-bond acceptors (Lipinski definition) is 4. The number of carbonyl (C=O) groups excluding carboxylic acids is 2. The molecule has 0 bridgehead atoms. The Bertz CT molecular complexity index is 761. The highest BCUT2D eigenvalue weighted by molar-refractivity contribution is 5.91. The van der Waals surface area contributed by atoms with Gasteiger partial charge in [-0.3, -0.25) is 4.79 Å². The van der Waals surface area contributed by atoms with E-state index in [1.807, 2.05) is 74.4 Å². The zero-order chi connectivity index (χ0) is 19.6. The van der Waals surface area contributed by atoms with E-state index in [2.05, 4.69) is 10.6 Å². The first-order chi connectivity index (χ1) is 13.0. The van der Waals surface area contributed by atoms with Crippen molar-refractivity contribution in [3.05, 3.63) is 59.7 Å². The summed E-state index contributed by atoms with van der Waals surface area (Å²) in [5.74, 6) is -0.0739. The molecule has 0 aliphatic rings. The second kappa shape index (κ2) is 10.2. The van der Waals surface area contributed by atoms with Gasteiger partial charge in [0.1, 0.15) is 6.61 Å². The van der Waals surface area contributed by atoms with Gasteiger partial charge in [-0.1, -0.05) is 30.3 Å². The van der Waals surface area contributed by atoms with Gasteiger partial charge in [0.05, 0.1) is 0 Å². The number of benzene rings is 2. The summed E-state index contributed by atoms with van der Waals surface area (Å²) in [6.45, 7) is 2.59. The second-order valence-corrected chi connectivity index (χ2v) is 6.53. The number of rotatable bonds is 8. The normalized spacial score (nSPS) is 10.2. The second-order valence-electron chi connectivity index (χ2n) is 6.53. The summed E-state index contributed by atoms with van der Waals surface area (Å²) in [7, 11) is 3.95. The Morgan fingerprint density at radius 3 is 2.48 bits per heavy atom. The highest BCUT2D eigenvalue weighted by Crippen LogP contribution is 2.21. The van der Waals surface area contributed by atoms with Crippen molar-refractivity contribution in [1.82, 2.24) is 5.32 Å². The Morgan fingerprint density at radius 2 is 1.81 bits per heavy atom. The molecule has 2 rings (SSSR count). The van der Waals surface area contributed by atoms with Crippen molar-refractivity contribution < 1.29 is 14.3 Å². The molecule has 6 heteroatoms. The topological polar surface area (TPSA) is 70.7 Å². The number of amides is 2. The van der Waals surface area contributed by atoms with Gasteiger partial charge in [0.25, 0.3) is 0 Å². The SMILES string of the molecule is Cc1cc(N(C)C)ccc1NC(=O)CCCNC(=O)OCc1ccccc1. The lowest BCUT2D eigenvalue weighted by Gasteiger charge is -2.15. The highest BCUT2D eigenvalue weighted by atomic mass is 16.5. The van der Waals surface area contributed by atoms with Gasteiger partial charge in [-0.15, -0.1) is 0 Å². The fourth-order valence-electron chi connectivity index (χ4n) is 2.49. The van der Waals surface area contributed by atoms with Crippen LogP contribution in [0.1, 0.15) is 24.0 Å². The molecule has 0 aromatic heterocycles. The number of nitrogens with one attached hydrogen (secondary N) is 2. The number of alkyl carbamates (subject to hydrolysis) is 1. The van der Waals surface area contributed by atoms with Crippen LogP contribution in [0.15, 0.2) is 48.5 Å². The molecule has 144 valence electrons. The molecule has 0 atom stereocenters. The van der Waals surface area contributed by atoms with E-state index in [0.29, 0.717) is 19.4 Å². The van der Waals surface area contributed by atoms with E-state index >= 15 is 0 Å². The molecular weight excluding hydrogens is 342 g/mol. The van der Waals surface area contributed by atoms with Crippen molar-refractivity contribution >= 4 is 23.4 Å². The van der Waals surface area contributed by atoms with Gasteiger partial charge in [-0.05, 0) is 42.7 Å². The first kappa shape index (κ1) is 20.3. The molecule has 0 aliphatic heterocycles. The summed E-state index contributed by atoms with van der Waals surface area (Å²) >= 11 is 0. The van der Waals surface area contributed by atoms with E-state index in [1.54, 1.807) is 0 Å². The molecule has 2 amide bonds. The highest BCUT2D eigenvalue weighted by Gasteiger charge is 2.07. The van der Waals surface area contributed by atoms with E-state index in [4.69, 9.17) is 4.74 Å². The van der Waals surface area contributed by atoms with Crippen LogP contribution in [0.4, 0.5) is 16.2 Å². The van der Waals surface area contributed by atoms with Crippen LogP contribution in [0.25, 0.3) is 0 Å². The minimum Gasteiger partial charge on any atom is -0.445 e. The van der Waals surface area contributed by atoms with Gasteiger partial charge >= 0.3 is 6.09 Å². The van der Waals surface area contributed by atoms with Crippen LogP contribution in [0, 0.1) is 6.92 Å². The molecule has 0 saturated heterocycles. The fraction of sp³-hybridized carbons (Fsp3) is 0.333. The first-order valence-corrected chi connectivity index (χ1v) is 8.98. The van der Waals surface area contributed by atoms with E-state index in [0.717, 1.165) is 22.5 Å². The van der Waals surface area contributed by atoms with Gasteiger partial charge < -0.3 is 20.3 Å². The maximum Gasteiger partial charge on any atom is 0.407 e. The molecule has 0 aliphatic carbocycles. The van der Waals surface area contributed by atoms with Crippen molar-refractivity contribution in [2.75, 3.05) is 30.9 Å². The van der Waals surface area contributed by atoms with Gasteiger partial charge in [0, 0.05) is 38.4 Å². The molecule has 0 radical (unpaired) electrons. The summed E-state index contributed by atoms with van der Waals surface area (Å²) in [6, 6.07) is 15.4.